The van der Waals surface area contributed by atoms with Crippen molar-refractivity contribution in [3.05, 3.63) is 23.8 Å². The first-order valence-electron chi connectivity index (χ1n) is 6.48. The highest BCUT2D eigenvalue weighted by molar-refractivity contribution is 5.97. The number of carboxylic acids is 1. The summed E-state index contributed by atoms with van der Waals surface area (Å²) in [6, 6.07) is 1.98. The molecule has 0 fully saturated rings. The van der Waals surface area contributed by atoms with Crippen LogP contribution in [0.15, 0.2) is 18.2 Å². The number of nitrogens with two attached hydrogens (primary N) is 1. The number of hydrogen-bond acceptors (Lipinski definition) is 4. The number of hydrogen-bond donors (Lipinski definition) is 3. The van der Waals surface area contributed by atoms with Gasteiger partial charge in [0.1, 0.15) is 17.9 Å². The van der Waals surface area contributed by atoms with Gasteiger partial charge in [-0.15, -0.1) is 0 Å². The number of nitrogens with one attached hydrogen (secondary N) is 1. The van der Waals surface area contributed by atoms with Crippen molar-refractivity contribution < 1.29 is 45.8 Å². The number of rotatable bonds is 0. The lowest BCUT2D eigenvalue weighted by Crippen LogP contribution is -2.44. The van der Waals surface area contributed by atoms with Crippen molar-refractivity contribution in [3.63, 3.8) is 0 Å². The fourth-order valence-electron chi connectivity index (χ4n) is 1.61. The minimum absolute atomic E-state index is 0.0189. The average molecular weight is 374 g/mol. The molecule has 2 atom stereocenters. The van der Waals surface area contributed by atoms with Crippen molar-refractivity contribution in [1.82, 2.24) is 0 Å². The average Bonchev–Trinajstić information content (AvgIpc) is 2.55. The lowest BCUT2D eigenvalue weighted by atomic mass is 10.1. The van der Waals surface area contributed by atoms with E-state index in [1.54, 1.807) is 6.92 Å². The first-order valence-corrected chi connectivity index (χ1v) is 6.48. The van der Waals surface area contributed by atoms with Gasteiger partial charge in [-0.05, 0) is 25.1 Å². The molecule has 25 heavy (non-hydrogen) atoms. The molecule has 0 spiro atoms. The number of carbonyl (C=O) groups excluding carboxylic acids is 1. The Labute approximate surface area is 136 Å². The SMILES string of the molecule is C[C@@H]1Oc2ccc(C(F)(F)F)cc2NC(=O)[C@H]1N.O=C(O)C(F)(F)F. The van der Waals surface area contributed by atoms with Gasteiger partial charge in [0.15, 0.2) is 0 Å². The number of alkyl halides is 6. The Bertz CT molecular complexity index is 659. The number of anilines is 1. The standard InChI is InChI=1S/C11H11F3N2O2.C2HF3O2/c1-5-9(15)10(17)16-7-4-6(11(12,13)14)2-3-8(7)18-5;3-2(4,5)1(6)7/h2-5,9H,15H2,1H3,(H,16,17);(H,6,7)/t5-,9-;/m0./s1. The van der Waals surface area contributed by atoms with Crippen LogP contribution in [-0.4, -0.2) is 35.3 Å². The van der Waals surface area contributed by atoms with Crippen LogP contribution in [-0.2, 0) is 15.8 Å². The van der Waals surface area contributed by atoms with E-state index in [-0.39, 0.29) is 11.4 Å². The van der Waals surface area contributed by atoms with E-state index < -0.39 is 41.9 Å². The highest BCUT2D eigenvalue weighted by Crippen LogP contribution is 2.36. The van der Waals surface area contributed by atoms with E-state index in [2.05, 4.69) is 5.32 Å². The van der Waals surface area contributed by atoms with Crippen molar-refractivity contribution in [3.8, 4) is 5.75 Å². The summed E-state index contributed by atoms with van der Waals surface area (Å²) in [7, 11) is 0. The number of ether oxygens (including phenoxy) is 1. The van der Waals surface area contributed by atoms with Crippen LogP contribution in [0.4, 0.5) is 32.0 Å². The summed E-state index contributed by atoms with van der Waals surface area (Å²) >= 11 is 0. The van der Waals surface area contributed by atoms with Gasteiger partial charge in [-0.2, -0.15) is 26.3 Å². The van der Waals surface area contributed by atoms with Crippen molar-refractivity contribution in [2.45, 2.75) is 31.4 Å². The first kappa shape index (κ1) is 20.5. The normalized spacial score (nSPS) is 20.2. The minimum Gasteiger partial charge on any atom is -0.486 e. The van der Waals surface area contributed by atoms with Crippen LogP contribution in [0.1, 0.15) is 12.5 Å². The molecule has 1 aromatic rings. The molecule has 0 radical (unpaired) electrons. The predicted octanol–water partition coefficient (Wildman–Crippen LogP) is 2.39. The molecule has 4 N–H and O–H groups in total. The molecule has 0 bridgehead atoms. The third kappa shape index (κ3) is 5.52. The Hall–Kier alpha value is -2.50. The largest absolute Gasteiger partial charge is 0.490 e. The second kappa shape index (κ2) is 7.17. The van der Waals surface area contributed by atoms with Gasteiger partial charge in [-0.3, -0.25) is 4.79 Å². The number of benzene rings is 1. The zero-order valence-corrected chi connectivity index (χ0v) is 12.4. The second-order valence-corrected chi connectivity index (χ2v) is 4.85. The van der Waals surface area contributed by atoms with Crippen molar-refractivity contribution in [1.29, 1.82) is 0 Å². The summed E-state index contributed by atoms with van der Waals surface area (Å²) in [5.41, 5.74) is 4.69. The maximum absolute atomic E-state index is 12.5. The Kier molecular flexibility index (Phi) is 5.89. The van der Waals surface area contributed by atoms with Crippen LogP contribution in [0.3, 0.4) is 0 Å². The maximum Gasteiger partial charge on any atom is 0.490 e. The van der Waals surface area contributed by atoms with E-state index in [0.717, 1.165) is 12.1 Å². The Morgan fingerprint density at radius 3 is 2.20 bits per heavy atom. The second-order valence-electron chi connectivity index (χ2n) is 4.85. The van der Waals surface area contributed by atoms with Gasteiger partial charge in [0.05, 0.1) is 11.3 Å². The lowest BCUT2D eigenvalue weighted by Gasteiger charge is -2.16. The molecule has 0 saturated heterocycles. The molecule has 1 aliphatic rings. The van der Waals surface area contributed by atoms with E-state index in [0.29, 0.717) is 0 Å². The van der Waals surface area contributed by atoms with Gasteiger partial charge in [0.25, 0.3) is 0 Å². The minimum atomic E-state index is -5.08. The molecule has 0 aliphatic carbocycles. The summed E-state index contributed by atoms with van der Waals surface area (Å²) in [6.45, 7) is 1.58. The summed E-state index contributed by atoms with van der Waals surface area (Å²) in [4.78, 5) is 20.4. The van der Waals surface area contributed by atoms with Crippen LogP contribution in [0, 0.1) is 0 Å². The zero-order chi connectivity index (χ0) is 19.6. The van der Waals surface area contributed by atoms with Gasteiger partial charge >= 0.3 is 18.3 Å². The van der Waals surface area contributed by atoms with Gasteiger partial charge < -0.3 is 20.9 Å². The highest BCUT2D eigenvalue weighted by atomic mass is 19.4. The predicted molar refractivity (Wildman–Crippen MR) is 71.8 cm³/mol. The highest BCUT2D eigenvalue weighted by Gasteiger charge is 2.38. The number of carbonyl (C=O) groups is 2. The molecular formula is C13H12F6N2O4. The number of carboxylic acid groups (broad SMARTS) is 1. The molecule has 0 saturated carbocycles. The van der Waals surface area contributed by atoms with E-state index in [4.69, 9.17) is 20.4 Å². The molecule has 2 rings (SSSR count). The van der Waals surface area contributed by atoms with Crippen LogP contribution in [0.2, 0.25) is 0 Å². The Morgan fingerprint density at radius 2 is 1.76 bits per heavy atom. The zero-order valence-electron chi connectivity index (χ0n) is 12.4. The van der Waals surface area contributed by atoms with Gasteiger partial charge in [0.2, 0.25) is 5.91 Å². The van der Waals surface area contributed by atoms with E-state index >= 15 is 0 Å². The monoisotopic (exact) mass is 374 g/mol. The third-order valence-electron chi connectivity index (χ3n) is 2.93. The quantitative estimate of drug-likeness (QED) is 0.606. The fourth-order valence-corrected chi connectivity index (χ4v) is 1.61. The summed E-state index contributed by atoms with van der Waals surface area (Å²) in [5.74, 6) is -3.15. The fraction of sp³-hybridized carbons (Fsp3) is 0.385. The molecule has 1 amide bonds. The van der Waals surface area contributed by atoms with Gasteiger partial charge in [0, 0.05) is 0 Å². The third-order valence-corrected chi connectivity index (χ3v) is 2.93. The van der Waals surface area contributed by atoms with Gasteiger partial charge in [-0.1, -0.05) is 0 Å². The molecule has 1 heterocycles. The number of aliphatic carboxylic acids is 1. The summed E-state index contributed by atoms with van der Waals surface area (Å²) in [6.07, 6.45) is -10.2. The van der Waals surface area contributed by atoms with Crippen LogP contribution in [0.25, 0.3) is 0 Å². The summed E-state index contributed by atoms with van der Waals surface area (Å²) in [5, 5.41) is 9.45. The van der Waals surface area contributed by atoms with Crippen molar-refractivity contribution >= 4 is 17.6 Å². The van der Waals surface area contributed by atoms with Crippen LogP contribution < -0.4 is 15.8 Å². The van der Waals surface area contributed by atoms with Crippen molar-refractivity contribution in [2.24, 2.45) is 5.73 Å². The topological polar surface area (TPSA) is 102 Å². The number of amides is 1. The summed E-state index contributed by atoms with van der Waals surface area (Å²) < 4.78 is 74.7. The number of halogens is 6. The molecule has 1 aromatic carbocycles. The maximum atomic E-state index is 12.5. The molecule has 0 unspecified atom stereocenters. The van der Waals surface area contributed by atoms with Crippen molar-refractivity contribution in [2.75, 3.05) is 5.32 Å². The molecule has 1 aliphatic heterocycles. The van der Waals surface area contributed by atoms with Gasteiger partial charge in [-0.25, -0.2) is 4.79 Å². The Balaban J connectivity index is 0.000000381. The molecule has 140 valence electrons. The smallest absolute Gasteiger partial charge is 0.486 e. The molecule has 0 aromatic heterocycles. The Morgan fingerprint density at radius 1 is 1.24 bits per heavy atom. The molecule has 6 nitrogen and oxygen atoms in total. The number of fused-ring (bicyclic) bond motifs is 1. The van der Waals surface area contributed by atoms with E-state index in [1.807, 2.05) is 0 Å². The molecular weight excluding hydrogens is 362 g/mol. The lowest BCUT2D eigenvalue weighted by molar-refractivity contribution is -0.192. The first-order chi connectivity index (χ1) is 11.2. The van der Waals surface area contributed by atoms with Crippen LogP contribution in [0.5, 0.6) is 5.75 Å². The van der Waals surface area contributed by atoms with E-state index in [1.165, 1.54) is 6.07 Å². The van der Waals surface area contributed by atoms with E-state index in [9.17, 15) is 31.1 Å². The molecule has 12 heteroatoms. The van der Waals surface area contributed by atoms with Crippen LogP contribution >= 0.6 is 0 Å².